The highest BCUT2D eigenvalue weighted by molar-refractivity contribution is 6.31. The van der Waals surface area contributed by atoms with Crippen molar-refractivity contribution in [3.63, 3.8) is 0 Å². The summed E-state index contributed by atoms with van der Waals surface area (Å²) in [7, 11) is 0. The Morgan fingerprint density at radius 2 is 1.90 bits per heavy atom. The van der Waals surface area contributed by atoms with Crippen molar-refractivity contribution in [1.29, 1.82) is 0 Å². The average Bonchev–Trinajstić information content (AvgIpc) is 2.49. The van der Waals surface area contributed by atoms with E-state index in [1.165, 1.54) is 0 Å². The Kier molecular flexibility index (Phi) is 6.38. The van der Waals surface area contributed by atoms with Crippen LogP contribution in [0.1, 0.15) is 12.5 Å². The second kappa shape index (κ2) is 8.55. The van der Waals surface area contributed by atoms with Crippen molar-refractivity contribution in [2.24, 2.45) is 0 Å². The minimum Gasteiger partial charge on any atom is -0.494 e. The Morgan fingerprint density at radius 1 is 1.05 bits per heavy atom. The van der Waals surface area contributed by atoms with Gasteiger partial charge >= 0.3 is 0 Å². The fraction of sp³-hybridized carbons (Fsp3) is 0.294. The molecule has 0 atom stereocenters. The molecule has 2 aromatic carbocycles. The maximum Gasteiger partial charge on any atom is 0.121 e. The molecular formula is C17H21ClN2O. The maximum atomic E-state index is 6.11. The van der Waals surface area contributed by atoms with Crippen LogP contribution in [-0.4, -0.2) is 19.7 Å². The summed E-state index contributed by atoms with van der Waals surface area (Å²) in [5.74, 6) is 0.895. The predicted molar refractivity (Wildman–Crippen MR) is 89.3 cm³/mol. The van der Waals surface area contributed by atoms with E-state index < -0.39 is 0 Å². The first-order chi connectivity index (χ1) is 10.3. The van der Waals surface area contributed by atoms with Crippen molar-refractivity contribution in [3.05, 3.63) is 59.1 Å². The molecule has 0 saturated heterocycles. The number of anilines is 1. The van der Waals surface area contributed by atoms with Gasteiger partial charge in [0.2, 0.25) is 0 Å². The molecule has 0 amide bonds. The van der Waals surface area contributed by atoms with E-state index in [-0.39, 0.29) is 0 Å². The van der Waals surface area contributed by atoms with Crippen LogP contribution < -0.4 is 15.4 Å². The van der Waals surface area contributed by atoms with Gasteiger partial charge in [-0.25, -0.2) is 0 Å². The molecule has 0 bridgehead atoms. The van der Waals surface area contributed by atoms with Gasteiger partial charge in [0.25, 0.3) is 0 Å². The quantitative estimate of drug-likeness (QED) is 0.725. The molecular weight excluding hydrogens is 284 g/mol. The minimum absolute atomic E-state index is 0.683. The summed E-state index contributed by atoms with van der Waals surface area (Å²) in [6.07, 6.45) is 0. The number of hydrogen-bond acceptors (Lipinski definition) is 3. The molecule has 0 aliphatic carbocycles. The third-order valence-corrected chi connectivity index (χ3v) is 3.42. The molecule has 112 valence electrons. The average molecular weight is 305 g/mol. The summed E-state index contributed by atoms with van der Waals surface area (Å²) in [6, 6.07) is 15.9. The van der Waals surface area contributed by atoms with Crippen molar-refractivity contribution in [1.82, 2.24) is 5.32 Å². The lowest BCUT2D eigenvalue weighted by atomic mass is 10.2. The van der Waals surface area contributed by atoms with Gasteiger partial charge in [-0.1, -0.05) is 35.9 Å². The van der Waals surface area contributed by atoms with Crippen molar-refractivity contribution < 1.29 is 4.74 Å². The van der Waals surface area contributed by atoms with Crippen molar-refractivity contribution in [2.45, 2.75) is 13.5 Å². The van der Waals surface area contributed by atoms with E-state index in [4.69, 9.17) is 16.3 Å². The Morgan fingerprint density at radius 3 is 2.71 bits per heavy atom. The van der Waals surface area contributed by atoms with Crippen LogP contribution in [0.4, 0.5) is 5.69 Å². The molecule has 0 radical (unpaired) electrons. The smallest absolute Gasteiger partial charge is 0.121 e. The van der Waals surface area contributed by atoms with Gasteiger partial charge in [-0.15, -0.1) is 0 Å². The highest BCUT2D eigenvalue weighted by Crippen LogP contribution is 2.17. The van der Waals surface area contributed by atoms with E-state index >= 15 is 0 Å². The standard InChI is InChI=1S/C17H21ClN2O/c1-2-21-16-8-5-7-15(12-16)20-11-10-19-13-14-6-3-4-9-17(14)18/h3-9,12,19-20H,2,10-11,13H2,1H3. The molecule has 0 saturated carbocycles. The molecule has 0 fully saturated rings. The van der Waals surface area contributed by atoms with Gasteiger partial charge in [-0.2, -0.15) is 0 Å². The van der Waals surface area contributed by atoms with Crippen LogP contribution in [0.3, 0.4) is 0 Å². The maximum absolute atomic E-state index is 6.11. The van der Waals surface area contributed by atoms with Crippen LogP contribution in [0.2, 0.25) is 5.02 Å². The Bertz CT molecular complexity index is 560. The summed E-state index contributed by atoms with van der Waals surface area (Å²) in [4.78, 5) is 0. The summed E-state index contributed by atoms with van der Waals surface area (Å²) in [5, 5.41) is 7.55. The first-order valence-corrected chi connectivity index (χ1v) is 7.58. The second-order valence-corrected chi connectivity index (χ2v) is 5.06. The van der Waals surface area contributed by atoms with Gasteiger partial charge in [-0.3, -0.25) is 0 Å². The van der Waals surface area contributed by atoms with Crippen LogP contribution in [0.15, 0.2) is 48.5 Å². The Hall–Kier alpha value is -1.71. The molecule has 0 aliphatic rings. The topological polar surface area (TPSA) is 33.3 Å². The molecule has 0 aromatic heterocycles. The Labute approximate surface area is 131 Å². The highest BCUT2D eigenvalue weighted by atomic mass is 35.5. The number of nitrogens with one attached hydrogen (secondary N) is 2. The zero-order valence-electron chi connectivity index (χ0n) is 12.2. The van der Waals surface area contributed by atoms with Gasteiger partial charge in [0, 0.05) is 36.4 Å². The lowest BCUT2D eigenvalue weighted by Gasteiger charge is -2.10. The van der Waals surface area contributed by atoms with Crippen molar-refractivity contribution in [3.8, 4) is 5.75 Å². The predicted octanol–water partition coefficient (Wildman–Crippen LogP) is 3.94. The minimum atomic E-state index is 0.683. The SMILES string of the molecule is CCOc1cccc(NCCNCc2ccccc2Cl)c1. The number of rotatable bonds is 8. The van der Waals surface area contributed by atoms with E-state index in [9.17, 15) is 0 Å². The van der Waals surface area contributed by atoms with E-state index in [1.807, 2.05) is 55.5 Å². The van der Waals surface area contributed by atoms with Crippen LogP contribution in [0.25, 0.3) is 0 Å². The normalized spacial score (nSPS) is 10.4. The van der Waals surface area contributed by atoms with Crippen LogP contribution in [0, 0.1) is 0 Å². The molecule has 3 nitrogen and oxygen atoms in total. The van der Waals surface area contributed by atoms with Gasteiger partial charge in [0.1, 0.15) is 5.75 Å². The number of hydrogen-bond donors (Lipinski definition) is 2. The second-order valence-electron chi connectivity index (χ2n) is 4.66. The third-order valence-electron chi connectivity index (χ3n) is 3.05. The number of halogens is 1. The van der Waals surface area contributed by atoms with Gasteiger partial charge in [-0.05, 0) is 30.7 Å². The molecule has 0 unspecified atom stereocenters. The van der Waals surface area contributed by atoms with Crippen molar-refractivity contribution in [2.75, 3.05) is 25.0 Å². The van der Waals surface area contributed by atoms with E-state index in [0.717, 1.165) is 41.7 Å². The zero-order chi connectivity index (χ0) is 14.9. The van der Waals surface area contributed by atoms with E-state index in [2.05, 4.69) is 10.6 Å². The monoisotopic (exact) mass is 304 g/mol. The summed E-state index contributed by atoms with van der Waals surface area (Å²) < 4.78 is 5.47. The summed E-state index contributed by atoms with van der Waals surface area (Å²) >= 11 is 6.11. The first-order valence-electron chi connectivity index (χ1n) is 7.20. The highest BCUT2D eigenvalue weighted by Gasteiger charge is 1.98. The first kappa shape index (κ1) is 15.7. The fourth-order valence-corrected chi connectivity index (χ4v) is 2.23. The lowest BCUT2D eigenvalue weighted by molar-refractivity contribution is 0.340. The third kappa shape index (κ3) is 5.29. The lowest BCUT2D eigenvalue weighted by Crippen LogP contribution is -2.21. The molecule has 0 spiro atoms. The number of benzene rings is 2. The largest absolute Gasteiger partial charge is 0.494 e. The van der Waals surface area contributed by atoms with Gasteiger partial charge in [0.15, 0.2) is 0 Å². The summed E-state index contributed by atoms with van der Waals surface area (Å²) in [5.41, 5.74) is 2.19. The number of ether oxygens (including phenoxy) is 1. The van der Waals surface area contributed by atoms with Crippen LogP contribution in [-0.2, 0) is 6.54 Å². The van der Waals surface area contributed by atoms with Crippen molar-refractivity contribution >= 4 is 17.3 Å². The Balaban J connectivity index is 1.70. The van der Waals surface area contributed by atoms with Gasteiger partial charge in [0.05, 0.1) is 6.61 Å². The van der Waals surface area contributed by atoms with Gasteiger partial charge < -0.3 is 15.4 Å². The van der Waals surface area contributed by atoms with E-state index in [0.29, 0.717) is 6.61 Å². The molecule has 0 heterocycles. The van der Waals surface area contributed by atoms with Crippen LogP contribution in [0.5, 0.6) is 5.75 Å². The van der Waals surface area contributed by atoms with E-state index in [1.54, 1.807) is 0 Å². The molecule has 0 aliphatic heterocycles. The molecule has 2 N–H and O–H groups in total. The zero-order valence-corrected chi connectivity index (χ0v) is 13.0. The summed E-state index contributed by atoms with van der Waals surface area (Å²) in [6.45, 7) is 5.16. The molecule has 4 heteroatoms. The molecule has 21 heavy (non-hydrogen) atoms. The molecule has 2 aromatic rings. The molecule has 2 rings (SSSR count). The fourth-order valence-electron chi connectivity index (χ4n) is 2.02. The van der Waals surface area contributed by atoms with Crippen LogP contribution >= 0.6 is 11.6 Å².